The highest BCUT2D eigenvalue weighted by molar-refractivity contribution is 8.13. The number of hydrogen-bond acceptors (Lipinski definition) is 4. The van der Waals surface area contributed by atoms with Gasteiger partial charge in [-0.05, 0) is 30.5 Å². The van der Waals surface area contributed by atoms with Gasteiger partial charge in [-0.2, -0.15) is 5.26 Å². The van der Waals surface area contributed by atoms with Crippen molar-refractivity contribution in [2.45, 2.75) is 43.5 Å². The molecule has 1 aliphatic heterocycles. The van der Waals surface area contributed by atoms with Gasteiger partial charge in [0.15, 0.2) is 5.17 Å². The van der Waals surface area contributed by atoms with Crippen LogP contribution in [-0.2, 0) is 5.75 Å². The molecule has 3 rings (SSSR count). The number of rotatable bonds is 2. The first-order valence-electron chi connectivity index (χ1n) is 6.81. The zero-order chi connectivity index (χ0) is 13.1. The summed E-state index contributed by atoms with van der Waals surface area (Å²) in [6.07, 6.45) is 5.14. The van der Waals surface area contributed by atoms with Gasteiger partial charge in [0.25, 0.3) is 0 Å². The number of aliphatic imine (C=N–C) groups is 1. The van der Waals surface area contributed by atoms with Crippen molar-refractivity contribution in [1.82, 2.24) is 5.32 Å². The van der Waals surface area contributed by atoms with E-state index in [1.807, 2.05) is 24.3 Å². The summed E-state index contributed by atoms with van der Waals surface area (Å²) in [6.45, 7) is 0. The van der Waals surface area contributed by atoms with Crippen LogP contribution in [0.15, 0.2) is 29.3 Å². The van der Waals surface area contributed by atoms with E-state index in [4.69, 9.17) is 10.3 Å². The van der Waals surface area contributed by atoms with E-state index >= 15 is 0 Å². The van der Waals surface area contributed by atoms with Gasteiger partial charge in [-0.15, -0.1) is 0 Å². The van der Waals surface area contributed by atoms with E-state index in [0.717, 1.165) is 16.5 Å². The predicted molar refractivity (Wildman–Crippen MR) is 79.1 cm³/mol. The van der Waals surface area contributed by atoms with Crippen LogP contribution in [0, 0.1) is 11.3 Å². The molecule has 0 aromatic heterocycles. The number of benzene rings is 1. The molecule has 3 nitrogen and oxygen atoms in total. The lowest BCUT2D eigenvalue weighted by Crippen LogP contribution is -2.36. The second kappa shape index (κ2) is 5.66. The molecule has 2 aliphatic rings. The van der Waals surface area contributed by atoms with Crippen LogP contribution in [0.4, 0.5) is 0 Å². The van der Waals surface area contributed by atoms with Gasteiger partial charge in [0.2, 0.25) is 0 Å². The van der Waals surface area contributed by atoms with Gasteiger partial charge in [-0.3, -0.25) is 4.99 Å². The van der Waals surface area contributed by atoms with Gasteiger partial charge in [-0.1, -0.05) is 36.7 Å². The Morgan fingerprint density at radius 2 is 2.05 bits per heavy atom. The van der Waals surface area contributed by atoms with Crippen LogP contribution in [0.25, 0.3) is 0 Å². The van der Waals surface area contributed by atoms with E-state index in [0.29, 0.717) is 12.1 Å². The highest BCUT2D eigenvalue weighted by atomic mass is 32.2. The summed E-state index contributed by atoms with van der Waals surface area (Å²) in [7, 11) is 0. The molecule has 1 aromatic rings. The second-order valence-corrected chi connectivity index (χ2v) is 6.10. The Kier molecular flexibility index (Phi) is 3.74. The zero-order valence-corrected chi connectivity index (χ0v) is 11.6. The van der Waals surface area contributed by atoms with Crippen LogP contribution in [0.2, 0.25) is 0 Å². The topological polar surface area (TPSA) is 48.2 Å². The Hall–Kier alpha value is -1.47. The van der Waals surface area contributed by atoms with E-state index in [1.165, 1.54) is 31.2 Å². The molecule has 2 atom stereocenters. The fourth-order valence-corrected chi connectivity index (χ4v) is 3.63. The Balaban J connectivity index is 1.56. The lowest BCUT2D eigenvalue weighted by atomic mass is 9.92. The maximum atomic E-state index is 8.77. The first-order valence-corrected chi connectivity index (χ1v) is 7.80. The minimum atomic E-state index is 0.511. The lowest BCUT2D eigenvalue weighted by molar-refractivity contribution is 0.385. The minimum absolute atomic E-state index is 0.511. The van der Waals surface area contributed by atoms with Gasteiger partial charge in [0, 0.05) is 5.75 Å². The minimum Gasteiger partial charge on any atom is -0.360 e. The maximum absolute atomic E-state index is 8.77. The SMILES string of the molecule is N#Cc1ccc(CSC2=N[C@H]3CCCC[C@H]3N2)cc1. The maximum Gasteiger partial charge on any atom is 0.157 e. The number of hydrogen-bond donors (Lipinski definition) is 1. The summed E-state index contributed by atoms with van der Waals surface area (Å²) >= 11 is 1.77. The molecular weight excluding hydrogens is 254 g/mol. The zero-order valence-electron chi connectivity index (χ0n) is 10.8. The van der Waals surface area contributed by atoms with Crippen LogP contribution in [0.3, 0.4) is 0 Å². The molecule has 4 heteroatoms. The van der Waals surface area contributed by atoms with E-state index < -0.39 is 0 Å². The summed E-state index contributed by atoms with van der Waals surface area (Å²) in [5.41, 5.74) is 1.96. The Bertz CT molecular complexity index is 515. The van der Waals surface area contributed by atoms with Gasteiger partial charge in [0.05, 0.1) is 23.7 Å². The third kappa shape index (κ3) is 2.93. The molecule has 0 saturated heterocycles. The van der Waals surface area contributed by atoms with Crippen LogP contribution >= 0.6 is 11.8 Å². The Labute approximate surface area is 118 Å². The number of nitrogens with one attached hydrogen (secondary N) is 1. The summed E-state index contributed by atoms with van der Waals surface area (Å²) in [5, 5.41) is 13.4. The molecule has 0 amide bonds. The third-order valence-corrected chi connectivity index (χ3v) is 4.75. The Morgan fingerprint density at radius 3 is 2.79 bits per heavy atom. The molecule has 1 saturated carbocycles. The molecule has 0 unspecified atom stereocenters. The number of nitrogens with zero attached hydrogens (tertiary/aromatic N) is 2. The summed E-state index contributed by atoms with van der Waals surface area (Å²) in [6, 6.07) is 11.0. The number of fused-ring (bicyclic) bond motifs is 1. The van der Waals surface area contributed by atoms with E-state index in [1.54, 1.807) is 11.8 Å². The molecular formula is C15H17N3S. The molecule has 1 aromatic carbocycles. The first-order chi connectivity index (χ1) is 9.35. The number of nitriles is 1. The smallest absolute Gasteiger partial charge is 0.157 e. The average Bonchev–Trinajstić information content (AvgIpc) is 2.88. The molecule has 1 heterocycles. The molecule has 1 fully saturated rings. The van der Waals surface area contributed by atoms with E-state index in [2.05, 4.69) is 11.4 Å². The molecule has 1 N–H and O–H groups in total. The fraction of sp³-hybridized carbons (Fsp3) is 0.467. The monoisotopic (exact) mass is 271 g/mol. The van der Waals surface area contributed by atoms with Crippen LogP contribution in [0.5, 0.6) is 0 Å². The van der Waals surface area contributed by atoms with Crippen molar-refractivity contribution < 1.29 is 0 Å². The van der Waals surface area contributed by atoms with Crippen molar-refractivity contribution in [3.05, 3.63) is 35.4 Å². The van der Waals surface area contributed by atoms with E-state index in [9.17, 15) is 0 Å². The average molecular weight is 271 g/mol. The molecule has 19 heavy (non-hydrogen) atoms. The standard InChI is InChI=1S/C15H17N3S/c16-9-11-5-7-12(8-6-11)10-19-15-17-13-3-1-2-4-14(13)18-15/h5-8,13-14H,1-4,10H2,(H,17,18)/t13-,14+. The highest BCUT2D eigenvalue weighted by Gasteiger charge is 2.30. The number of thioether (sulfide) groups is 1. The first kappa shape index (κ1) is 12.6. The molecule has 98 valence electrons. The normalized spacial score (nSPS) is 25.1. The molecule has 0 bridgehead atoms. The highest BCUT2D eigenvalue weighted by Crippen LogP contribution is 2.27. The van der Waals surface area contributed by atoms with Gasteiger partial charge in [0.1, 0.15) is 0 Å². The van der Waals surface area contributed by atoms with Crippen molar-refractivity contribution in [2.24, 2.45) is 4.99 Å². The van der Waals surface area contributed by atoms with Crippen molar-refractivity contribution >= 4 is 16.9 Å². The van der Waals surface area contributed by atoms with E-state index in [-0.39, 0.29) is 0 Å². The van der Waals surface area contributed by atoms with Gasteiger partial charge in [-0.25, -0.2) is 0 Å². The molecule has 0 spiro atoms. The number of amidine groups is 1. The van der Waals surface area contributed by atoms with Crippen molar-refractivity contribution in [1.29, 1.82) is 5.26 Å². The fourth-order valence-electron chi connectivity index (χ4n) is 2.69. The lowest BCUT2D eigenvalue weighted by Gasteiger charge is -2.23. The quantitative estimate of drug-likeness (QED) is 0.899. The summed E-state index contributed by atoms with van der Waals surface area (Å²) in [5.74, 6) is 0.914. The largest absolute Gasteiger partial charge is 0.360 e. The molecule has 1 aliphatic carbocycles. The summed E-state index contributed by atoms with van der Waals surface area (Å²) < 4.78 is 0. The van der Waals surface area contributed by atoms with Crippen LogP contribution < -0.4 is 5.32 Å². The molecule has 0 radical (unpaired) electrons. The summed E-state index contributed by atoms with van der Waals surface area (Å²) in [4.78, 5) is 4.77. The Morgan fingerprint density at radius 1 is 1.26 bits per heavy atom. The van der Waals surface area contributed by atoms with Crippen molar-refractivity contribution in [3.8, 4) is 6.07 Å². The predicted octanol–water partition coefficient (Wildman–Crippen LogP) is 3.06. The second-order valence-electron chi connectivity index (χ2n) is 5.13. The van der Waals surface area contributed by atoms with Crippen LogP contribution in [0.1, 0.15) is 36.8 Å². The van der Waals surface area contributed by atoms with Crippen LogP contribution in [-0.4, -0.2) is 17.3 Å². The van der Waals surface area contributed by atoms with Gasteiger partial charge < -0.3 is 5.32 Å². The van der Waals surface area contributed by atoms with Crippen molar-refractivity contribution in [3.63, 3.8) is 0 Å². The van der Waals surface area contributed by atoms with Crippen molar-refractivity contribution in [2.75, 3.05) is 0 Å². The van der Waals surface area contributed by atoms with Gasteiger partial charge >= 0.3 is 0 Å². The third-order valence-electron chi connectivity index (χ3n) is 3.78.